The van der Waals surface area contributed by atoms with Gasteiger partial charge >= 0.3 is 0 Å². The van der Waals surface area contributed by atoms with Crippen molar-refractivity contribution in [1.29, 1.82) is 0 Å². The zero-order valence-corrected chi connectivity index (χ0v) is 7.82. The standard InChI is InChI=1S/C8H8ClN3O/c1-13-5-8-11-10-7-4-2-3-6(9)12(7)8/h2-4H,5H2,1H3. The molecule has 13 heavy (non-hydrogen) atoms. The van der Waals surface area contributed by atoms with Crippen LogP contribution in [-0.2, 0) is 11.3 Å². The molecule has 0 N–H and O–H groups in total. The van der Waals surface area contributed by atoms with Crippen LogP contribution in [0.25, 0.3) is 5.65 Å². The lowest BCUT2D eigenvalue weighted by atomic mass is 10.5. The lowest BCUT2D eigenvalue weighted by Gasteiger charge is -1.99. The van der Waals surface area contributed by atoms with Crippen LogP contribution < -0.4 is 0 Å². The number of nitrogens with zero attached hydrogens (tertiary/aromatic N) is 3. The number of hydrogen-bond acceptors (Lipinski definition) is 3. The van der Waals surface area contributed by atoms with Crippen molar-refractivity contribution >= 4 is 17.2 Å². The van der Waals surface area contributed by atoms with E-state index in [4.69, 9.17) is 16.3 Å². The number of aromatic nitrogens is 3. The quantitative estimate of drug-likeness (QED) is 0.686. The first-order valence-corrected chi connectivity index (χ1v) is 4.18. The zero-order chi connectivity index (χ0) is 9.26. The van der Waals surface area contributed by atoms with Gasteiger partial charge in [0.2, 0.25) is 0 Å². The summed E-state index contributed by atoms with van der Waals surface area (Å²) in [6, 6.07) is 5.47. The van der Waals surface area contributed by atoms with Gasteiger partial charge in [-0.3, -0.25) is 4.40 Å². The number of halogens is 1. The molecular weight excluding hydrogens is 190 g/mol. The van der Waals surface area contributed by atoms with Gasteiger partial charge in [0.05, 0.1) is 0 Å². The van der Waals surface area contributed by atoms with Gasteiger partial charge in [0, 0.05) is 7.11 Å². The molecule has 2 aromatic rings. The van der Waals surface area contributed by atoms with Gasteiger partial charge < -0.3 is 4.74 Å². The summed E-state index contributed by atoms with van der Waals surface area (Å²) in [7, 11) is 1.61. The van der Waals surface area contributed by atoms with Crippen molar-refractivity contribution in [3.8, 4) is 0 Å². The average Bonchev–Trinajstić information content (AvgIpc) is 2.51. The molecule has 2 rings (SSSR count). The second-order valence-corrected chi connectivity index (χ2v) is 2.98. The van der Waals surface area contributed by atoms with Gasteiger partial charge in [-0.25, -0.2) is 0 Å². The molecule has 0 saturated heterocycles. The van der Waals surface area contributed by atoms with E-state index in [1.54, 1.807) is 17.6 Å². The van der Waals surface area contributed by atoms with Gasteiger partial charge in [-0.15, -0.1) is 10.2 Å². The maximum Gasteiger partial charge on any atom is 0.164 e. The topological polar surface area (TPSA) is 39.4 Å². The van der Waals surface area contributed by atoms with E-state index in [1.807, 2.05) is 12.1 Å². The summed E-state index contributed by atoms with van der Waals surface area (Å²) in [5, 5.41) is 8.49. The van der Waals surface area contributed by atoms with E-state index in [0.717, 1.165) is 5.65 Å². The summed E-state index contributed by atoms with van der Waals surface area (Å²) in [5.74, 6) is 0.711. The van der Waals surface area contributed by atoms with Crippen LogP contribution in [0.2, 0.25) is 5.15 Å². The van der Waals surface area contributed by atoms with Crippen molar-refractivity contribution in [1.82, 2.24) is 14.6 Å². The Morgan fingerprint density at radius 3 is 3.08 bits per heavy atom. The maximum atomic E-state index is 5.97. The molecule has 0 aliphatic carbocycles. The molecule has 0 radical (unpaired) electrons. The van der Waals surface area contributed by atoms with Gasteiger partial charge in [0.15, 0.2) is 11.5 Å². The Balaban J connectivity index is 2.64. The summed E-state index contributed by atoms with van der Waals surface area (Å²) in [5.41, 5.74) is 0.736. The molecule has 0 saturated carbocycles. The van der Waals surface area contributed by atoms with Crippen LogP contribution in [0.3, 0.4) is 0 Å². The molecule has 68 valence electrons. The van der Waals surface area contributed by atoms with Crippen LogP contribution in [0.1, 0.15) is 5.82 Å². The highest BCUT2D eigenvalue weighted by atomic mass is 35.5. The van der Waals surface area contributed by atoms with Crippen molar-refractivity contribution in [2.45, 2.75) is 6.61 Å². The van der Waals surface area contributed by atoms with Crippen molar-refractivity contribution in [3.05, 3.63) is 29.2 Å². The molecule has 0 atom stereocenters. The molecule has 0 aromatic carbocycles. The third-order valence-electron chi connectivity index (χ3n) is 1.72. The molecule has 5 heteroatoms. The smallest absolute Gasteiger partial charge is 0.164 e. The van der Waals surface area contributed by atoms with Crippen molar-refractivity contribution in [2.24, 2.45) is 0 Å². The van der Waals surface area contributed by atoms with Crippen molar-refractivity contribution in [3.63, 3.8) is 0 Å². The number of fused-ring (bicyclic) bond motifs is 1. The lowest BCUT2D eigenvalue weighted by Crippen LogP contribution is -1.97. The summed E-state index contributed by atoms with van der Waals surface area (Å²) >= 11 is 5.97. The lowest BCUT2D eigenvalue weighted by molar-refractivity contribution is 0.177. The number of pyridine rings is 1. The Bertz CT molecular complexity index is 426. The normalized spacial score (nSPS) is 10.9. The highest BCUT2D eigenvalue weighted by Gasteiger charge is 2.06. The van der Waals surface area contributed by atoms with Gasteiger partial charge in [0.25, 0.3) is 0 Å². The Morgan fingerprint density at radius 2 is 2.31 bits per heavy atom. The minimum absolute atomic E-state index is 0.408. The number of ether oxygens (including phenoxy) is 1. The van der Waals surface area contributed by atoms with Crippen LogP contribution in [0.15, 0.2) is 18.2 Å². The second-order valence-electron chi connectivity index (χ2n) is 2.59. The Morgan fingerprint density at radius 1 is 1.46 bits per heavy atom. The van der Waals surface area contributed by atoms with Crippen LogP contribution in [-0.4, -0.2) is 21.7 Å². The third kappa shape index (κ3) is 1.38. The van der Waals surface area contributed by atoms with Crippen molar-refractivity contribution < 1.29 is 4.74 Å². The van der Waals surface area contributed by atoms with E-state index in [-0.39, 0.29) is 0 Å². The largest absolute Gasteiger partial charge is 0.377 e. The third-order valence-corrected chi connectivity index (χ3v) is 2.02. The maximum absolute atomic E-state index is 5.97. The minimum atomic E-state index is 0.408. The molecule has 0 amide bonds. The predicted molar refractivity (Wildman–Crippen MR) is 48.7 cm³/mol. The highest BCUT2D eigenvalue weighted by molar-refractivity contribution is 6.29. The van der Waals surface area contributed by atoms with E-state index < -0.39 is 0 Å². The molecule has 0 aliphatic rings. The molecule has 2 heterocycles. The highest BCUT2D eigenvalue weighted by Crippen LogP contribution is 2.13. The number of hydrogen-bond donors (Lipinski definition) is 0. The predicted octanol–water partition coefficient (Wildman–Crippen LogP) is 1.53. The molecule has 2 aromatic heterocycles. The van der Waals surface area contributed by atoms with E-state index >= 15 is 0 Å². The SMILES string of the molecule is COCc1nnc2cccc(Cl)n12. The first kappa shape index (κ1) is 8.47. The van der Waals surface area contributed by atoms with Gasteiger partial charge in [0.1, 0.15) is 11.8 Å². The summed E-state index contributed by atoms with van der Waals surface area (Å²) < 4.78 is 6.72. The van der Waals surface area contributed by atoms with E-state index in [0.29, 0.717) is 17.6 Å². The van der Waals surface area contributed by atoms with Gasteiger partial charge in [-0.1, -0.05) is 17.7 Å². The van der Waals surface area contributed by atoms with Gasteiger partial charge in [-0.05, 0) is 12.1 Å². The Labute approximate surface area is 80.1 Å². The molecule has 0 unspecified atom stereocenters. The fraction of sp³-hybridized carbons (Fsp3) is 0.250. The number of methoxy groups -OCH3 is 1. The Hall–Kier alpha value is -1.13. The van der Waals surface area contributed by atoms with E-state index in [1.165, 1.54) is 0 Å². The zero-order valence-electron chi connectivity index (χ0n) is 7.07. The fourth-order valence-corrected chi connectivity index (χ4v) is 1.44. The Kier molecular flexibility index (Phi) is 2.16. The summed E-state index contributed by atoms with van der Waals surface area (Å²) in [4.78, 5) is 0. The van der Waals surface area contributed by atoms with E-state index in [9.17, 15) is 0 Å². The van der Waals surface area contributed by atoms with Crippen molar-refractivity contribution in [2.75, 3.05) is 7.11 Å². The van der Waals surface area contributed by atoms with E-state index in [2.05, 4.69) is 10.2 Å². The first-order valence-electron chi connectivity index (χ1n) is 3.80. The van der Waals surface area contributed by atoms with Crippen LogP contribution in [0.4, 0.5) is 0 Å². The minimum Gasteiger partial charge on any atom is -0.377 e. The van der Waals surface area contributed by atoms with Gasteiger partial charge in [-0.2, -0.15) is 0 Å². The molecule has 0 aliphatic heterocycles. The molecular formula is C8H8ClN3O. The summed E-state index contributed by atoms with van der Waals surface area (Å²) in [6.45, 7) is 0.408. The second kappa shape index (κ2) is 3.32. The average molecular weight is 198 g/mol. The number of rotatable bonds is 2. The first-order chi connectivity index (χ1) is 6.33. The molecule has 4 nitrogen and oxygen atoms in total. The molecule has 0 fully saturated rings. The monoisotopic (exact) mass is 197 g/mol. The van der Waals surface area contributed by atoms with Crippen LogP contribution >= 0.6 is 11.6 Å². The van der Waals surface area contributed by atoms with Crippen LogP contribution in [0.5, 0.6) is 0 Å². The molecule has 0 bridgehead atoms. The summed E-state index contributed by atoms with van der Waals surface area (Å²) in [6.07, 6.45) is 0. The fourth-order valence-electron chi connectivity index (χ4n) is 1.18. The van der Waals surface area contributed by atoms with Crippen LogP contribution in [0, 0.1) is 0 Å². The molecule has 0 spiro atoms.